The average molecular weight is 299 g/mol. The maximum Gasteiger partial charge on any atom is 0.167 e. The van der Waals surface area contributed by atoms with Crippen LogP contribution >= 0.6 is 27.3 Å². The Hall–Kier alpha value is -1.000. The lowest BCUT2D eigenvalue weighted by molar-refractivity contribution is 0.0992. The van der Waals surface area contributed by atoms with Crippen molar-refractivity contribution >= 4 is 33.0 Å². The first-order valence-electron chi connectivity index (χ1n) is 4.66. The van der Waals surface area contributed by atoms with E-state index in [0.717, 1.165) is 5.56 Å². The van der Waals surface area contributed by atoms with E-state index >= 15 is 0 Å². The van der Waals surface area contributed by atoms with Gasteiger partial charge in [0.05, 0.1) is 4.47 Å². The van der Waals surface area contributed by atoms with Crippen molar-refractivity contribution in [2.45, 2.75) is 6.42 Å². The lowest BCUT2D eigenvalue weighted by atomic mass is 10.1. The summed E-state index contributed by atoms with van der Waals surface area (Å²) in [7, 11) is 0. The van der Waals surface area contributed by atoms with E-state index in [2.05, 4.69) is 15.9 Å². The molecule has 1 nitrogen and oxygen atoms in total. The molecule has 0 aliphatic heterocycles. The summed E-state index contributed by atoms with van der Waals surface area (Å²) in [6, 6.07) is 6.34. The number of hydrogen-bond acceptors (Lipinski definition) is 2. The first-order valence-corrected chi connectivity index (χ1v) is 6.40. The Balaban J connectivity index is 2.18. The molecule has 0 atom stereocenters. The highest BCUT2D eigenvalue weighted by Gasteiger charge is 2.09. The predicted molar refractivity (Wildman–Crippen MR) is 66.5 cm³/mol. The summed E-state index contributed by atoms with van der Waals surface area (Å²) < 4.78 is 13.6. The van der Waals surface area contributed by atoms with E-state index in [4.69, 9.17) is 0 Å². The Kier molecular flexibility index (Phi) is 3.51. The summed E-state index contributed by atoms with van der Waals surface area (Å²) in [4.78, 5) is 11.8. The minimum atomic E-state index is -0.406. The van der Waals surface area contributed by atoms with Crippen LogP contribution in [0.5, 0.6) is 0 Å². The molecular formula is C12H8BrFOS. The van der Waals surface area contributed by atoms with Gasteiger partial charge in [-0.2, -0.15) is 11.3 Å². The zero-order valence-electron chi connectivity index (χ0n) is 8.24. The molecule has 1 aromatic heterocycles. The van der Waals surface area contributed by atoms with E-state index in [1.165, 1.54) is 6.07 Å². The molecule has 2 rings (SSSR count). The van der Waals surface area contributed by atoms with Crippen molar-refractivity contribution in [3.63, 3.8) is 0 Å². The fourth-order valence-corrected chi connectivity index (χ4v) is 2.27. The topological polar surface area (TPSA) is 17.1 Å². The highest BCUT2D eigenvalue weighted by molar-refractivity contribution is 9.10. The molecule has 0 aliphatic rings. The number of Topliss-reactive ketones (excluding diaryl/α,β-unsaturated/α-hetero) is 1. The lowest BCUT2D eigenvalue weighted by Gasteiger charge is -2.01. The van der Waals surface area contributed by atoms with Gasteiger partial charge in [-0.25, -0.2) is 4.39 Å². The van der Waals surface area contributed by atoms with Crippen LogP contribution in [0.3, 0.4) is 0 Å². The van der Waals surface area contributed by atoms with Gasteiger partial charge in [-0.15, -0.1) is 0 Å². The number of rotatable bonds is 3. The molecule has 1 heterocycles. The molecule has 4 heteroatoms. The monoisotopic (exact) mass is 298 g/mol. The van der Waals surface area contributed by atoms with Gasteiger partial charge in [0.1, 0.15) is 5.82 Å². The molecule has 0 amide bonds. The number of benzene rings is 1. The molecule has 1 aromatic carbocycles. The minimum absolute atomic E-state index is 0.0650. The summed E-state index contributed by atoms with van der Waals surface area (Å²) in [5.41, 5.74) is 1.38. The Labute approximate surface area is 105 Å². The molecule has 0 saturated heterocycles. The number of hydrogen-bond donors (Lipinski definition) is 0. The van der Waals surface area contributed by atoms with Gasteiger partial charge in [-0.3, -0.25) is 4.79 Å². The van der Waals surface area contributed by atoms with Gasteiger partial charge in [0, 0.05) is 12.0 Å². The second-order valence-corrected chi connectivity index (χ2v) is 4.99. The fraction of sp³-hybridized carbons (Fsp3) is 0.0833. The zero-order chi connectivity index (χ0) is 11.5. The summed E-state index contributed by atoms with van der Waals surface area (Å²) in [5.74, 6) is -0.471. The molecule has 82 valence electrons. The fourth-order valence-electron chi connectivity index (χ4n) is 1.35. The van der Waals surface area contributed by atoms with E-state index in [9.17, 15) is 9.18 Å². The molecule has 0 bridgehead atoms. The summed E-state index contributed by atoms with van der Waals surface area (Å²) in [5, 5.41) is 3.85. The van der Waals surface area contributed by atoms with Crippen LogP contribution in [0, 0.1) is 5.82 Å². The zero-order valence-corrected chi connectivity index (χ0v) is 10.6. The highest BCUT2D eigenvalue weighted by Crippen LogP contribution is 2.18. The molecular weight excluding hydrogens is 291 g/mol. The van der Waals surface area contributed by atoms with Crippen molar-refractivity contribution in [2.75, 3.05) is 0 Å². The molecule has 0 radical (unpaired) electrons. The number of ketones is 1. The van der Waals surface area contributed by atoms with Gasteiger partial charge < -0.3 is 0 Å². The number of thiophene rings is 1. The van der Waals surface area contributed by atoms with Crippen LogP contribution in [-0.4, -0.2) is 5.78 Å². The Bertz CT molecular complexity index is 508. The third kappa shape index (κ3) is 2.57. The molecule has 0 saturated carbocycles. The van der Waals surface area contributed by atoms with Crippen LogP contribution in [0.25, 0.3) is 0 Å². The van der Waals surface area contributed by atoms with E-state index in [1.54, 1.807) is 23.5 Å². The van der Waals surface area contributed by atoms with E-state index in [0.29, 0.717) is 16.5 Å². The third-order valence-electron chi connectivity index (χ3n) is 2.19. The van der Waals surface area contributed by atoms with Gasteiger partial charge >= 0.3 is 0 Å². The van der Waals surface area contributed by atoms with Crippen molar-refractivity contribution in [3.05, 3.63) is 56.4 Å². The molecule has 0 aliphatic carbocycles. The van der Waals surface area contributed by atoms with Crippen molar-refractivity contribution in [2.24, 2.45) is 0 Å². The molecule has 2 aromatic rings. The number of carbonyl (C=O) groups is 1. The Morgan fingerprint density at radius 2 is 2.19 bits per heavy atom. The largest absolute Gasteiger partial charge is 0.294 e. The average Bonchev–Trinajstić information content (AvgIpc) is 2.74. The van der Waals surface area contributed by atoms with E-state index in [-0.39, 0.29) is 5.78 Å². The van der Waals surface area contributed by atoms with Gasteiger partial charge in [-0.1, -0.05) is 6.07 Å². The molecule has 0 spiro atoms. The molecule has 0 N–H and O–H groups in total. The first-order chi connectivity index (χ1) is 7.66. The molecule has 0 fully saturated rings. The smallest absolute Gasteiger partial charge is 0.167 e. The second kappa shape index (κ2) is 4.89. The van der Waals surface area contributed by atoms with Crippen LogP contribution in [0.4, 0.5) is 4.39 Å². The Morgan fingerprint density at radius 1 is 1.38 bits per heavy atom. The summed E-state index contributed by atoms with van der Waals surface area (Å²) >= 11 is 4.60. The van der Waals surface area contributed by atoms with Crippen LogP contribution in [0.1, 0.15) is 15.9 Å². The SMILES string of the molecule is O=C(Cc1ccsc1)c1ccc(Br)c(F)c1. The summed E-state index contributed by atoms with van der Waals surface area (Å²) in [6.45, 7) is 0. The third-order valence-corrected chi connectivity index (χ3v) is 3.56. The van der Waals surface area contributed by atoms with Crippen molar-refractivity contribution < 1.29 is 9.18 Å². The summed E-state index contributed by atoms with van der Waals surface area (Å²) in [6.07, 6.45) is 0.324. The second-order valence-electron chi connectivity index (χ2n) is 3.36. The van der Waals surface area contributed by atoms with Crippen LogP contribution in [-0.2, 0) is 6.42 Å². The maximum absolute atomic E-state index is 13.2. The maximum atomic E-state index is 13.2. The standard InChI is InChI=1S/C12H8BrFOS/c13-10-2-1-9(6-11(10)14)12(15)5-8-3-4-16-7-8/h1-4,6-7H,5H2. The van der Waals surface area contributed by atoms with E-state index in [1.807, 2.05) is 16.8 Å². The van der Waals surface area contributed by atoms with Gasteiger partial charge in [0.15, 0.2) is 5.78 Å². The van der Waals surface area contributed by atoms with Gasteiger partial charge in [-0.05, 0) is 50.5 Å². The first kappa shape index (κ1) is 11.5. The van der Waals surface area contributed by atoms with Gasteiger partial charge in [0.2, 0.25) is 0 Å². The quantitative estimate of drug-likeness (QED) is 0.781. The normalized spacial score (nSPS) is 10.4. The van der Waals surface area contributed by atoms with Crippen molar-refractivity contribution in [3.8, 4) is 0 Å². The molecule has 16 heavy (non-hydrogen) atoms. The highest BCUT2D eigenvalue weighted by atomic mass is 79.9. The van der Waals surface area contributed by atoms with Crippen LogP contribution in [0.15, 0.2) is 39.5 Å². The predicted octanol–water partition coefficient (Wildman–Crippen LogP) is 4.08. The van der Waals surface area contributed by atoms with Crippen molar-refractivity contribution in [1.29, 1.82) is 0 Å². The minimum Gasteiger partial charge on any atom is -0.294 e. The molecule has 0 unspecified atom stereocenters. The van der Waals surface area contributed by atoms with Crippen LogP contribution in [0.2, 0.25) is 0 Å². The number of halogens is 2. The van der Waals surface area contributed by atoms with E-state index < -0.39 is 5.82 Å². The van der Waals surface area contributed by atoms with Crippen molar-refractivity contribution in [1.82, 2.24) is 0 Å². The lowest BCUT2D eigenvalue weighted by Crippen LogP contribution is -2.03. The number of carbonyl (C=O) groups excluding carboxylic acids is 1. The van der Waals surface area contributed by atoms with Crippen LogP contribution < -0.4 is 0 Å². The van der Waals surface area contributed by atoms with Gasteiger partial charge in [0.25, 0.3) is 0 Å². The Morgan fingerprint density at radius 3 is 2.81 bits per heavy atom.